The second-order valence-corrected chi connectivity index (χ2v) is 10.1. The minimum absolute atomic E-state index is 0.0871. The number of alkyl halides is 2. The van der Waals surface area contributed by atoms with Crippen molar-refractivity contribution in [3.63, 3.8) is 0 Å². The lowest BCUT2D eigenvalue weighted by molar-refractivity contribution is -0.178. The molecule has 3 aromatic rings. The maximum absolute atomic E-state index is 13.3. The number of aromatic amines is 1. The standard InChI is InChI=1S/C19H24F2N2O.C7H9N3O2/c1-13-9-16(24-2)15(14-3-6-22-17(13)14)10-23-7-4-18(5-8-23)11-19(20,21)12-18;1-10(2)5-3-4-8-6(9-5)7(11)12/h3,6,9,22H,4-5,7-8,10-12H2,1-2H3;3-4H,1-2H3,(H,11,12). The summed E-state index contributed by atoms with van der Waals surface area (Å²) >= 11 is 0. The van der Waals surface area contributed by atoms with Gasteiger partial charge in [-0.15, -0.1) is 0 Å². The number of nitrogens with one attached hydrogen (secondary N) is 1. The number of H-pyrrole nitrogens is 1. The van der Waals surface area contributed by atoms with Crippen molar-refractivity contribution in [3.05, 3.63) is 47.5 Å². The number of hydrogen-bond donors (Lipinski definition) is 2. The number of anilines is 1. The summed E-state index contributed by atoms with van der Waals surface area (Å²) in [6.45, 7) is 4.66. The van der Waals surface area contributed by atoms with E-state index in [2.05, 4.69) is 38.9 Å². The molecule has 1 spiro atoms. The number of nitrogens with zero attached hydrogens (tertiary/aromatic N) is 4. The van der Waals surface area contributed by atoms with Crippen LogP contribution in [-0.4, -0.2) is 71.1 Å². The first-order valence-corrected chi connectivity index (χ1v) is 12.0. The van der Waals surface area contributed by atoms with Crippen LogP contribution in [0.15, 0.2) is 30.6 Å². The Labute approximate surface area is 209 Å². The van der Waals surface area contributed by atoms with Gasteiger partial charge in [-0.1, -0.05) is 0 Å². The number of piperidine rings is 1. The van der Waals surface area contributed by atoms with Crippen molar-refractivity contribution in [2.75, 3.05) is 39.2 Å². The van der Waals surface area contributed by atoms with Gasteiger partial charge in [0.1, 0.15) is 11.6 Å². The second kappa shape index (κ2) is 10.0. The van der Waals surface area contributed by atoms with Crippen LogP contribution in [0.5, 0.6) is 5.75 Å². The highest BCUT2D eigenvalue weighted by Gasteiger charge is 2.56. The van der Waals surface area contributed by atoms with Crippen molar-refractivity contribution in [3.8, 4) is 5.75 Å². The van der Waals surface area contributed by atoms with Gasteiger partial charge in [-0.2, -0.15) is 0 Å². The molecule has 36 heavy (non-hydrogen) atoms. The van der Waals surface area contributed by atoms with Crippen molar-refractivity contribution in [1.29, 1.82) is 0 Å². The number of benzene rings is 1. The average molecular weight is 502 g/mol. The molecule has 1 aliphatic carbocycles. The number of rotatable bonds is 5. The highest BCUT2D eigenvalue weighted by Crippen LogP contribution is 2.57. The maximum atomic E-state index is 13.3. The zero-order valence-corrected chi connectivity index (χ0v) is 21.1. The normalized spacial score (nSPS) is 18.3. The molecular weight excluding hydrogens is 468 g/mol. The van der Waals surface area contributed by atoms with Crippen LogP contribution in [0.2, 0.25) is 0 Å². The summed E-state index contributed by atoms with van der Waals surface area (Å²) in [6.07, 6.45) is 5.32. The van der Waals surface area contributed by atoms with Gasteiger partial charge in [0, 0.05) is 62.3 Å². The molecule has 1 saturated carbocycles. The van der Waals surface area contributed by atoms with Gasteiger partial charge >= 0.3 is 5.97 Å². The molecule has 5 rings (SSSR count). The smallest absolute Gasteiger partial charge is 0.374 e. The number of carboxylic acids is 1. The van der Waals surface area contributed by atoms with Gasteiger partial charge in [-0.3, -0.25) is 4.90 Å². The van der Waals surface area contributed by atoms with Crippen molar-refractivity contribution in [2.24, 2.45) is 5.41 Å². The average Bonchev–Trinajstić information content (AvgIpc) is 3.32. The Hall–Kier alpha value is -3.27. The highest BCUT2D eigenvalue weighted by atomic mass is 19.3. The molecule has 1 saturated heterocycles. The van der Waals surface area contributed by atoms with Gasteiger partial charge in [0.2, 0.25) is 11.7 Å². The lowest BCUT2D eigenvalue weighted by Crippen LogP contribution is -2.52. The summed E-state index contributed by atoms with van der Waals surface area (Å²) in [5.74, 6) is -2.21. The monoisotopic (exact) mass is 501 g/mol. The van der Waals surface area contributed by atoms with Crippen molar-refractivity contribution < 1.29 is 23.4 Å². The summed E-state index contributed by atoms with van der Waals surface area (Å²) in [5.41, 5.74) is 3.41. The molecule has 1 aromatic carbocycles. The quantitative estimate of drug-likeness (QED) is 0.522. The molecule has 1 aliphatic heterocycles. The van der Waals surface area contributed by atoms with Gasteiger partial charge in [0.05, 0.1) is 7.11 Å². The van der Waals surface area contributed by atoms with E-state index in [0.29, 0.717) is 5.82 Å². The third-order valence-corrected chi connectivity index (χ3v) is 7.19. The van der Waals surface area contributed by atoms with E-state index in [-0.39, 0.29) is 24.1 Å². The van der Waals surface area contributed by atoms with Crippen LogP contribution >= 0.6 is 0 Å². The van der Waals surface area contributed by atoms with E-state index in [4.69, 9.17) is 9.84 Å². The molecule has 0 bridgehead atoms. The Kier molecular flexibility index (Phi) is 7.17. The lowest BCUT2D eigenvalue weighted by atomic mass is 9.61. The Bertz CT molecular complexity index is 1230. The van der Waals surface area contributed by atoms with E-state index in [1.807, 2.05) is 6.20 Å². The molecule has 2 fully saturated rings. The summed E-state index contributed by atoms with van der Waals surface area (Å²) in [5, 5.41) is 9.74. The lowest BCUT2D eigenvalue weighted by Gasteiger charge is -2.51. The van der Waals surface area contributed by atoms with Crippen molar-refractivity contribution in [1.82, 2.24) is 19.9 Å². The van der Waals surface area contributed by atoms with Crippen molar-refractivity contribution >= 4 is 22.7 Å². The molecule has 2 aliphatic rings. The molecule has 194 valence electrons. The summed E-state index contributed by atoms with van der Waals surface area (Å²) in [6, 6.07) is 5.82. The first-order chi connectivity index (χ1) is 17.0. The zero-order valence-electron chi connectivity index (χ0n) is 21.1. The minimum atomic E-state index is -2.42. The summed E-state index contributed by atoms with van der Waals surface area (Å²) in [7, 11) is 5.28. The molecule has 0 amide bonds. The van der Waals surface area contributed by atoms with Crippen LogP contribution in [0.1, 0.15) is 47.4 Å². The summed E-state index contributed by atoms with van der Waals surface area (Å²) in [4.78, 5) is 25.2. The predicted molar refractivity (Wildman–Crippen MR) is 134 cm³/mol. The number of aromatic carboxylic acids is 1. The molecule has 3 heterocycles. The molecule has 2 N–H and O–H groups in total. The number of halogens is 2. The molecule has 10 heteroatoms. The fourth-order valence-electron chi connectivity index (χ4n) is 5.29. The van der Waals surface area contributed by atoms with Crippen LogP contribution in [0.4, 0.5) is 14.6 Å². The fourth-order valence-corrected chi connectivity index (χ4v) is 5.29. The number of ether oxygens (including phenoxy) is 1. The van der Waals surface area contributed by atoms with Crippen LogP contribution in [-0.2, 0) is 6.54 Å². The summed E-state index contributed by atoms with van der Waals surface area (Å²) < 4.78 is 32.1. The number of fused-ring (bicyclic) bond motifs is 1. The first-order valence-electron chi connectivity index (χ1n) is 12.0. The topological polar surface area (TPSA) is 94.6 Å². The number of aryl methyl sites for hydroxylation is 1. The Morgan fingerprint density at radius 1 is 1.25 bits per heavy atom. The zero-order chi connectivity index (χ0) is 26.1. The van der Waals surface area contributed by atoms with Crippen LogP contribution in [0.3, 0.4) is 0 Å². The van der Waals surface area contributed by atoms with Crippen LogP contribution in [0.25, 0.3) is 10.9 Å². The molecule has 8 nitrogen and oxygen atoms in total. The molecular formula is C26H33F2N5O3. The van der Waals surface area contributed by atoms with Gasteiger partial charge in [0.15, 0.2) is 0 Å². The van der Waals surface area contributed by atoms with Gasteiger partial charge < -0.3 is 19.7 Å². The first kappa shape index (κ1) is 25.8. The number of carboxylic acid groups (broad SMARTS) is 1. The van der Waals surface area contributed by atoms with Gasteiger partial charge in [0.25, 0.3) is 0 Å². The van der Waals surface area contributed by atoms with E-state index in [1.165, 1.54) is 22.7 Å². The molecule has 0 unspecified atom stereocenters. The number of aromatic nitrogens is 3. The Morgan fingerprint density at radius 2 is 1.94 bits per heavy atom. The number of methoxy groups -OCH3 is 1. The van der Waals surface area contributed by atoms with Crippen LogP contribution in [0, 0.1) is 12.3 Å². The van der Waals surface area contributed by atoms with E-state index < -0.39 is 11.9 Å². The highest BCUT2D eigenvalue weighted by molar-refractivity contribution is 5.88. The molecule has 0 radical (unpaired) electrons. The number of carbonyl (C=O) groups is 1. The third-order valence-electron chi connectivity index (χ3n) is 7.19. The van der Waals surface area contributed by atoms with Crippen molar-refractivity contribution in [2.45, 2.75) is 45.1 Å². The Balaban J connectivity index is 0.000000214. The van der Waals surface area contributed by atoms with E-state index in [9.17, 15) is 13.6 Å². The second-order valence-electron chi connectivity index (χ2n) is 10.1. The van der Waals surface area contributed by atoms with E-state index in [1.54, 1.807) is 32.2 Å². The van der Waals surface area contributed by atoms with E-state index in [0.717, 1.165) is 43.7 Å². The maximum Gasteiger partial charge on any atom is 0.374 e. The minimum Gasteiger partial charge on any atom is -0.496 e. The predicted octanol–water partition coefficient (Wildman–Crippen LogP) is 4.74. The molecule has 0 atom stereocenters. The fraction of sp³-hybridized carbons (Fsp3) is 0.500. The largest absolute Gasteiger partial charge is 0.496 e. The third kappa shape index (κ3) is 5.43. The van der Waals surface area contributed by atoms with E-state index >= 15 is 0 Å². The van der Waals surface area contributed by atoms with Gasteiger partial charge in [-0.05, 0) is 62.0 Å². The van der Waals surface area contributed by atoms with Gasteiger partial charge in [-0.25, -0.2) is 23.5 Å². The Morgan fingerprint density at radius 3 is 2.53 bits per heavy atom. The molecule has 2 aromatic heterocycles. The SMILES string of the molecule is CN(C)c1ccnc(C(=O)O)n1.COc1cc(C)c2[nH]ccc2c1CN1CCC2(CC1)CC(F)(F)C2. The number of likely N-dealkylation sites (tertiary alicyclic amines) is 1. The van der Waals surface area contributed by atoms with Crippen LogP contribution < -0.4 is 9.64 Å². The number of hydrogen-bond acceptors (Lipinski definition) is 6.